The summed E-state index contributed by atoms with van der Waals surface area (Å²) in [7, 11) is -2.03. The molecule has 0 aromatic heterocycles. The highest BCUT2D eigenvalue weighted by atomic mass is 32.2. The number of hydrogen-bond donors (Lipinski definition) is 1. The van der Waals surface area contributed by atoms with Crippen molar-refractivity contribution in [3.8, 4) is 5.75 Å². The van der Waals surface area contributed by atoms with Crippen LogP contribution in [-0.4, -0.2) is 28.0 Å². The SMILES string of the molecule is Cc1cccc(NS(=O)(=O)c2ccc(OCC(=O)N(C)c3ccccc3)cc2)c1. The molecule has 0 bridgehead atoms. The Morgan fingerprint density at radius 3 is 2.31 bits per heavy atom. The first-order valence-electron chi connectivity index (χ1n) is 8.99. The third-order valence-corrected chi connectivity index (χ3v) is 5.68. The fraction of sp³-hybridized carbons (Fsp3) is 0.136. The molecular formula is C22H22N2O4S. The minimum atomic E-state index is -3.71. The Balaban J connectivity index is 1.61. The van der Waals surface area contributed by atoms with Crippen LogP contribution in [0.15, 0.2) is 83.8 Å². The molecule has 0 heterocycles. The van der Waals surface area contributed by atoms with Crippen molar-refractivity contribution in [1.82, 2.24) is 0 Å². The monoisotopic (exact) mass is 410 g/mol. The van der Waals surface area contributed by atoms with Crippen molar-refractivity contribution >= 4 is 27.3 Å². The number of nitrogens with zero attached hydrogens (tertiary/aromatic N) is 1. The number of benzene rings is 3. The van der Waals surface area contributed by atoms with E-state index in [9.17, 15) is 13.2 Å². The predicted octanol–water partition coefficient (Wildman–Crippen LogP) is 3.84. The summed E-state index contributed by atoms with van der Waals surface area (Å²) in [4.78, 5) is 13.9. The standard InChI is InChI=1S/C22H22N2O4S/c1-17-7-6-8-18(15-17)23-29(26,27)21-13-11-20(12-14-21)28-16-22(25)24(2)19-9-4-3-5-10-19/h3-15,23H,16H2,1-2H3. The first-order chi connectivity index (χ1) is 13.8. The van der Waals surface area contributed by atoms with Crippen LogP contribution in [-0.2, 0) is 14.8 Å². The van der Waals surface area contributed by atoms with Gasteiger partial charge in [-0.15, -0.1) is 0 Å². The van der Waals surface area contributed by atoms with Gasteiger partial charge in [0.25, 0.3) is 15.9 Å². The first-order valence-corrected chi connectivity index (χ1v) is 10.5. The van der Waals surface area contributed by atoms with Gasteiger partial charge in [0.2, 0.25) is 0 Å². The molecule has 1 amide bonds. The zero-order chi connectivity index (χ0) is 20.9. The van der Waals surface area contributed by atoms with Crippen molar-refractivity contribution in [2.45, 2.75) is 11.8 Å². The number of hydrogen-bond acceptors (Lipinski definition) is 4. The highest BCUT2D eigenvalue weighted by Gasteiger charge is 2.15. The van der Waals surface area contributed by atoms with Crippen molar-refractivity contribution in [3.63, 3.8) is 0 Å². The zero-order valence-corrected chi connectivity index (χ0v) is 17.0. The number of aryl methyl sites for hydroxylation is 1. The molecule has 0 unspecified atom stereocenters. The lowest BCUT2D eigenvalue weighted by atomic mass is 10.2. The van der Waals surface area contributed by atoms with Gasteiger partial charge in [-0.2, -0.15) is 0 Å². The van der Waals surface area contributed by atoms with Crippen molar-refractivity contribution in [2.24, 2.45) is 0 Å². The fourth-order valence-electron chi connectivity index (χ4n) is 2.68. The molecule has 1 N–H and O–H groups in total. The number of anilines is 2. The number of amides is 1. The summed E-state index contributed by atoms with van der Waals surface area (Å²) < 4.78 is 33.1. The van der Waals surface area contributed by atoms with Gasteiger partial charge in [0.15, 0.2) is 6.61 Å². The number of sulfonamides is 1. The molecular weight excluding hydrogens is 388 g/mol. The van der Waals surface area contributed by atoms with Gasteiger partial charge in [-0.1, -0.05) is 30.3 Å². The van der Waals surface area contributed by atoms with E-state index < -0.39 is 10.0 Å². The number of carbonyl (C=O) groups excluding carboxylic acids is 1. The van der Waals surface area contributed by atoms with E-state index in [4.69, 9.17) is 4.74 Å². The lowest BCUT2D eigenvalue weighted by molar-refractivity contribution is -0.120. The fourth-order valence-corrected chi connectivity index (χ4v) is 3.72. The molecule has 0 saturated heterocycles. The molecule has 29 heavy (non-hydrogen) atoms. The van der Waals surface area contributed by atoms with Crippen molar-refractivity contribution in [2.75, 3.05) is 23.3 Å². The zero-order valence-electron chi connectivity index (χ0n) is 16.2. The Morgan fingerprint density at radius 1 is 0.966 bits per heavy atom. The maximum absolute atomic E-state index is 12.5. The number of nitrogens with one attached hydrogen (secondary N) is 1. The van der Waals surface area contributed by atoms with E-state index in [1.807, 2.05) is 43.3 Å². The molecule has 0 atom stereocenters. The minimum Gasteiger partial charge on any atom is -0.484 e. The van der Waals surface area contributed by atoms with Crippen LogP contribution in [0.4, 0.5) is 11.4 Å². The van der Waals surface area contributed by atoms with E-state index >= 15 is 0 Å². The second-order valence-corrected chi connectivity index (χ2v) is 8.21. The Bertz CT molecular complexity index is 1080. The predicted molar refractivity (Wildman–Crippen MR) is 114 cm³/mol. The van der Waals surface area contributed by atoms with Crippen molar-refractivity contribution < 1.29 is 17.9 Å². The molecule has 7 heteroatoms. The molecule has 3 aromatic rings. The topological polar surface area (TPSA) is 75.7 Å². The second-order valence-electron chi connectivity index (χ2n) is 6.52. The van der Waals surface area contributed by atoms with E-state index in [0.717, 1.165) is 11.3 Å². The molecule has 3 rings (SSSR count). The van der Waals surface area contributed by atoms with Gasteiger partial charge in [-0.05, 0) is 61.0 Å². The smallest absolute Gasteiger partial charge is 0.264 e. The van der Waals surface area contributed by atoms with E-state index in [1.54, 1.807) is 25.2 Å². The van der Waals surface area contributed by atoms with Crippen LogP contribution in [0.2, 0.25) is 0 Å². The Morgan fingerprint density at radius 2 is 1.66 bits per heavy atom. The molecule has 0 spiro atoms. The summed E-state index contributed by atoms with van der Waals surface area (Å²) in [6.45, 7) is 1.74. The van der Waals surface area contributed by atoms with Gasteiger partial charge in [-0.25, -0.2) is 8.42 Å². The maximum atomic E-state index is 12.5. The maximum Gasteiger partial charge on any atom is 0.264 e. The van der Waals surface area contributed by atoms with E-state index in [1.165, 1.54) is 29.2 Å². The average molecular weight is 410 g/mol. The third kappa shape index (κ3) is 5.36. The summed E-state index contributed by atoms with van der Waals surface area (Å²) in [6.07, 6.45) is 0. The number of likely N-dealkylation sites (N-methyl/N-ethyl adjacent to an activating group) is 1. The quantitative estimate of drug-likeness (QED) is 0.642. The van der Waals surface area contributed by atoms with E-state index in [-0.39, 0.29) is 17.4 Å². The molecule has 0 fully saturated rings. The van der Waals surface area contributed by atoms with Gasteiger partial charge in [0.1, 0.15) is 5.75 Å². The molecule has 0 aliphatic rings. The van der Waals surface area contributed by atoms with Crippen LogP contribution in [0.5, 0.6) is 5.75 Å². The van der Waals surface area contributed by atoms with Crippen LogP contribution in [0.25, 0.3) is 0 Å². The average Bonchev–Trinajstić information content (AvgIpc) is 2.72. The van der Waals surface area contributed by atoms with Crippen LogP contribution >= 0.6 is 0 Å². The second kappa shape index (κ2) is 8.79. The van der Waals surface area contributed by atoms with Crippen LogP contribution < -0.4 is 14.4 Å². The lowest BCUT2D eigenvalue weighted by Crippen LogP contribution is -2.31. The summed E-state index contributed by atoms with van der Waals surface area (Å²) in [6, 6.07) is 22.3. The third-order valence-electron chi connectivity index (χ3n) is 4.28. The summed E-state index contributed by atoms with van der Waals surface area (Å²) in [5, 5.41) is 0. The van der Waals surface area contributed by atoms with Crippen LogP contribution in [0.1, 0.15) is 5.56 Å². The van der Waals surface area contributed by atoms with Gasteiger partial charge >= 0.3 is 0 Å². The van der Waals surface area contributed by atoms with Gasteiger partial charge in [0.05, 0.1) is 4.90 Å². The van der Waals surface area contributed by atoms with Crippen molar-refractivity contribution in [1.29, 1.82) is 0 Å². The Labute approximate surface area is 170 Å². The molecule has 3 aromatic carbocycles. The van der Waals surface area contributed by atoms with E-state index in [2.05, 4.69) is 4.72 Å². The molecule has 0 aliphatic heterocycles. The first kappa shape index (κ1) is 20.4. The van der Waals surface area contributed by atoms with Crippen LogP contribution in [0.3, 0.4) is 0 Å². The van der Waals surface area contributed by atoms with Gasteiger partial charge in [0, 0.05) is 18.4 Å². The Kier molecular flexibility index (Phi) is 6.19. The summed E-state index contributed by atoms with van der Waals surface area (Å²) >= 11 is 0. The van der Waals surface area contributed by atoms with Crippen LogP contribution in [0, 0.1) is 6.92 Å². The van der Waals surface area contributed by atoms with Crippen molar-refractivity contribution in [3.05, 3.63) is 84.4 Å². The minimum absolute atomic E-state index is 0.110. The highest BCUT2D eigenvalue weighted by molar-refractivity contribution is 7.92. The largest absolute Gasteiger partial charge is 0.484 e. The number of ether oxygens (including phenoxy) is 1. The summed E-state index contributed by atoms with van der Waals surface area (Å²) in [5.74, 6) is 0.198. The normalized spacial score (nSPS) is 11.0. The highest BCUT2D eigenvalue weighted by Crippen LogP contribution is 2.20. The molecule has 0 saturated carbocycles. The lowest BCUT2D eigenvalue weighted by Gasteiger charge is -2.17. The Hall–Kier alpha value is -3.32. The summed E-state index contributed by atoms with van der Waals surface area (Å²) in [5.41, 5.74) is 2.23. The molecule has 150 valence electrons. The number of para-hydroxylation sites is 1. The number of carbonyl (C=O) groups is 1. The molecule has 0 radical (unpaired) electrons. The number of rotatable bonds is 7. The molecule has 6 nitrogen and oxygen atoms in total. The van der Waals surface area contributed by atoms with E-state index in [0.29, 0.717) is 11.4 Å². The van der Waals surface area contributed by atoms with Gasteiger partial charge < -0.3 is 9.64 Å². The van der Waals surface area contributed by atoms with Gasteiger partial charge in [-0.3, -0.25) is 9.52 Å². The molecule has 0 aliphatic carbocycles.